The predicted molar refractivity (Wildman–Crippen MR) is 109 cm³/mol. The van der Waals surface area contributed by atoms with E-state index in [2.05, 4.69) is 21.2 Å². The number of piperazine rings is 1. The zero-order valence-corrected chi connectivity index (χ0v) is 16.6. The van der Waals surface area contributed by atoms with Crippen molar-refractivity contribution < 1.29 is 19.0 Å². The van der Waals surface area contributed by atoms with Gasteiger partial charge in [-0.3, -0.25) is 4.90 Å². The lowest BCUT2D eigenvalue weighted by Gasteiger charge is -2.36. The highest BCUT2D eigenvalue weighted by atomic mass is 16.6. The molecule has 2 aromatic carbocycles. The summed E-state index contributed by atoms with van der Waals surface area (Å²) < 4.78 is 16.1. The minimum Gasteiger partial charge on any atom is -0.495 e. The average molecular weight is 385 g/mol. The van der Waals surface area contributed by atoms with E-state index in [9.17, 15) is 4.79 Å². The number of benzene rings is 2. The van der Waals surface area contributed by atoms with E-state index in [4.69, 9.17) is 14.2 Å². The van der Waals surface area contributed by atoms with E-state index < -0.39 is 6.09 Å². The number of hydrogen-bond acceptors (Lipinski definition) is 6. The van der Waals surface area contributed by atoms with Gasteiger partial charge in [0.05, 0.1) is 19.9 Å². The van der Waals surface area contributed by atoms with Crippen molar-refractivity contribution in [3.8, 4) is 17.2 Å². The predicted octanol–water partition coefficient (Wildman–Crippen LogP) is 2.74. The molecule has 2 aromatic rings. The van der Waals surface area contributed by atoms with Gasteiger partial charge in [-0.05, 0) is 29.8 Å². The SMILES string of the molecule is CNC(=O)Oc1cc(CN2CCN(c3ccccc3OC)CC2)ccc1OC. The Labute approximate surface area is 165 Å². The van der Waals surface area contributed by atoms with Crippen molar-refractivity contribution in [3.05, 3.63) is 48.0 Å². The maximum atomic E-state index is 11.6. The summed E-state index contributed by atoms with van der Waals surface area (Å²) in [4.78, 5) is 16.3. The number of anilines is 1. The molecule has 0 aliphatic carbocycles. The molecule has 1 aliphatic rings. The molecule has 0 bridgehead atoms. The van der Waals surface area contributed by atoms with Gasteiger partial charge in [-0.15, -0.1) is 0 Å². The van der Waals surface area contributed by atoms with Gasteiger partial charge >= 0.3 is 6.09 Å². The third-order valence-electron chi connectivity index (χ3n) is 4.84. The van der Waals surface area contributed by atoms with Gasteiger partial charge in [0.1, 0.15) is 5.75 Å². The van der Waals surface area contributed by atoms with Gasteiger partial charge in [0.15, 0.2) is 11.5 Å². The Morgan fingerprint density at radius 2 is 1.68 bits per heavy atom. The fraction of sp³-hybridized carbons (Fsp3) is 0.381. The first-order valence-corrected chi connectivity index (χ1v) is 9.31. The summed E-state index contributed by atoms with van der Waals surface area (Å²) in [5, 5.41) is 2.45. The summed E-state index contributed by atoms with van der Waals surface area (Å²) in [7, 11) is 4.79. The van der Waals surface area contributed by atoms with Crippen molar-refractivity contribution in [3.63, 3.8) is 0 Å². The third-order valence-corrected chi connectivity index (χ3v) is 4.84. The molecule has 1 heterocycles. The number of carbonyl (C=O) groups is 1. The molecule has 150 valence electrons. The lowest BCUT2D eigenvalue weighted by Crippen LogP contribution is -2.46. The van der Waals surface area contributed by atoms with Crippen LogP contribution < -0.4 is 24.4 Å². The standard InChI is InChI=1S/C21H27N3O4/c1-22-21(25)28-20-14-16(8-9-19(20)27-3)15-23-10-12-24(13-11-23)17-6-4-5-7-18(17)26-2/h4-9,14H,10-13,15H2,1-3H3,(H,22,25). The monoisotopic (exact) mass is 385 g/mol. The number of carbonyl (C=O) groups excluding carboxylic acids is 1. The van der Waals surface area contributed by atoms with E-state index >= 15 is 0 Å². The highest BCUT2D eigenvalue weighted by Gasteiger charge is 2.20. The number of para-hydroxylation sites is 2. The zero-order chi connectivity index (χ0) is 19.9. The molecule has 7 heteroatoms. The molecular weight excluding hydrogens is 358 g/mol. The van der Waals surface area contributed by atoms with Crippen molar-refractivity contribution in [1.29, 1.82) is 0 Å². The lowest BCUT2D eigenvalue weighted by molar-refractivity contribution is 0.200. The minimum absolute atomic E-state index is 0.423. The summed E-state index contributed by atoms with van der Waals surface area (Å²) in [6, 6.07) is 13.8. The Morgan fingerprint density at radius 3 is 2.36 bits per heavy atom. The molecule has 0 unspecified atom stereocenters. The van der Waals surface area contributed by atoms with Gasteiger partial charge in [0.25, 0.3) is 0 Å². The van der Waals surface area contributed by atoms with Crippen LogP contribution in [0, 0.1) is 0 Å². The van der Waals surface area contributed by atoms with Crippen LogP contribution in [0.3, 0.4) is 0 Å². The van der Waals surface area contributed by atoms with Gasteiger partial charge in [-0.1, -0.05) is 18.2 Å². The van der Waals surface area contributed by atoms with Gasteiger partial charge in [0.2, 0.25) is 0 Å². The number of nitrogens with zero attached hydrogens (tertiary/aromatic N) is 2. The van der Waals surface area contributed by atoms with E-state index in [1.54, 1.807) is 14.2 Å². The molecule has 0 atom stereocenters. The Morgan fingerprint density at radius 1 is 0.964 bits per heavy atom. The Hall–Kier alpha value is -2.93. The lowest BCUT2D eigenvalue weighted by atomic mass is 10.1. The van der Waals surface area contributed by atoms with Crippen LogP contribution in [0.25, 0.3) is 0 Å². The number of rotatable bonds is 6. The minimum atomic E-state index is -0.513. The molecule has 0 radical (unpaired) electrons. The molecule has 1 aliphatic heterocycles. The summed E-state index contributed by atoms with van der Waals surface area (Å²) in [5.41, 5.74) is 2.21. The first-order valence-electron chi connectivity index (χ1n) is 9.31. The molecule has 1 N–H and O–H groups in total. The molecule has 0 spiro atoms. The van der Waals surface area contributed by atoms with E-state index in [0.717, 1.165) is 49.7 Å². The van der Waals surface area contributed by atoms with E-state index in [-0.39, 0.29) is 0 Å². The smallest absolute Gasteiger partial charge is 0.412 e. The van der Waals surface area contributed by atoms with Crippen LogP contribution in [-0.2, 0) is 6.54 Å². The molecule has 3 rings (SSSR count). The van der Waals surface area contributed by atoms with E-state index in [0.29, 0.717) is 11.5 Å². The second-order valence-corrected chi connectivity index (χ2v) is 6.56. The molecule has 0 saturated carbocycles. The van der Waals surface area contributed by atoms with Crippen molar-refractivity contribution in [2.45, 2.75) is 6.54 Å². The highest BCUT2D eigenvalue weighted by molar-refractivity contribution is 5.71. The summed E-state index contributed by atoms with van der Waals surface area (Å²) in [5.74, 6) is 1.86. The summed E-state index contributed by atoms with van der Waals surface area (Å²) in [6.07, 6.45) is -0.513. The van der Waals surface area contributed by atoms with Gasteiger partial charge in [-0.25, -0.2) is 4.79 Å². The molecule has 1 amide bonds. The quantitative estimate of drug-likeness (QED) is 0.825. The largest absolute Gasteiger partial charge is 0.495 e. The number of methoxy groups -OCH3 is 2. The van der Waals surface area contributed by atoms with E-state index in [1.165, 1.54) is 7.05 Å². The Kier molecular flexibility index (Phi) is 6.60. The maximum absolute atomic E-state index is 11.6. The maximum Gasteiger partial charge on any atom is 0.412 e. The van der Waals surface area contributed by atoms with Crippen LogP contribution in [0.5, 0.6) is 17.2 Å². The first-order chi connectivity index (χ1) is 13.6. The molecule has 7 nitrogen and oxygen atoms in total. The fourth-order valence-electron chi connectivity index (χ4n) is 3.35. The van der Waals surface area contributed by atoms with Crippen LogP contribution in [0.15, 0.2) is 42.5 Å². The molecule has 1 saturated heterocycles. The Bertz CT molecular complexity index is 804. The second kappa shape index (κ2) is 9.32. The number of ether oxygens (including phenoxy) is 3. The van der Waals surface area contributed by atoms with Crippen molar-refractivity contribution in [1.82, 2.24) is 10.2 Å². The fourth-order valence-corrected chi connectivity index (χ4v) is 3.35. The topological polar surface area (TPSA) is 63.3 Å². The van der Waals surface area contributed by atoms with Crippen LogP contribution in [0.1, 0.15) is 5.56 Å². The van der Waals surface area contributed by atoms with E-state index in [1.807, 2.05) is 36.4 Å². The second-order valence-electron chi connectivity index (χ2n) is 6.56. The molecular formula is C21H27N3O4. The van der Waals surface area contributed by atoms with Crippen LogP contribution in [-0.4, -0.2) is 58.4 Å². The summed E-state index contributed by atoms with van der Waals surface area (Å²) in [6.45, 7) is 4.52. The Balaban J connectivity index is 1.63. The number of nitrogens with one attached hydrogen (secondary N) is 1. The average Bonchev–Trinajstić information content (AvgIpc) is 2.74. The van der Waals surface area contributed by atoms with Gasteiger partial charge in [-0.2, -0.15) is 0 Å². The van der Waals surface area contributed by atoms with Gasteiger partial charge < -0.3 is 24.4 Å². The van der Waals surface area contributed by atoms with Crippen molar-refractivity contribution >= 4 is 11.8 Å². The molecule has 0 aromatic heterocycles. The number of amides is 1. The zero-order valence-electron chi connectivity index (χ0n) is 16.6. The normalized spacial score (nSPS) is 14.5. The van der Waals surface area contributed by atoms with Crippen LogP contribution in [0.4, 0.5) is 10.5 Å². The molecule has 28 heavy (non-hydrogen) atoms. The van der Waals surface area contributed by atoms with Crippen LogP contribution >= 0.6 is 0 Å². The number of hydrogen-bond donors (Lipinski definition) is 1. The van der Waals surface area contributed by atoms with Crippen molar-refractivity contribution in [2.75, 3.05) is 52.3 Å². The third kappa shape index (κ3) is 4.67. The van der Waals surface area contributed by atoms with Crippen LogP contribution in [0.2, 0.25) is 0 Å². The summed E-state index contributed by atoms with van der Waals surface area (Å²) >= 11 is 0. The first kappa shape index (κ1) is 19.8. The molecule has 1 fully saturated rings. The van der Waals surface area contributed by atoms with Crippen molar-refractivity contribution in [2.24, 2.45) is 0 Å². The van der Waals surface area contributed by atoms with Gasteiger partial charge in [0, 0.05) is 39.8 Å². The highest BCUT2D eigenvalue weighted by Crippen LogP contribution is 2.30.